The fourth-order valence-corrected chi connectivity index (χ4v) is 0.626. The van der Waals surface area contributed by atoms with E-state index in [1.54, 1.807) is 0 Å². The molecule has 0 aromatic heterocycles. The molecular formula is C8H14O4. The molecule has 4 heteroatoms. The van der Waals surface area contributed by atoms with Gasteiger partial charge < -0.3 is 9.84 Å². The number of rotatable bonds is 3. The molecule has 12 heavy (non-hydrogen) atoms. The summed E-state index contributed by atoms with van der Waals surface area (Å²) in [6.45, 7) is 5.11. The zero-order chi connectivity index (χ0) is 9.78. The van der Waals surface area contributed by atoms with Crippen molar-refractivity contribution in [1.29, 1.82) is 0 Å². The van der Waals surface area contributed by atoms with Gasteiger partial charge in [-0.1, -0.05) is 20.8 Å². The van der Waals surface area contributed by atoms with E-state index in [9.17, 15) is 9.59 Å². The number of carboxylic acids is 1. The number of carboxylic acid groups (broad SMARTS) is 1. The van der Waals surface area contributed by atoms with Gasteiger partial charge >= 0.3 is 11.9 Å². The lowest BCUT2D eigenvalue weighted by molar-refractivity contribution is -0.156. The molecule has 0 aliphatic carbocycles. The van der Waals surface area contributed by atoms with E-state index in [0.29, 0.717) is 0 Å². The monoisotopic (exact) mass is 174 g/mol. The number of carbonyl (C=O) groups excluding carboxylic acids is 1. The van der Waals surface area contributed by atoms with Crippen molar-refractivity contribution in [2.75, 3.05) is 6.61 Å². The molecule has 0 spiro atoms. The van der Waals surface area contributed by atoms with Crippen LogP contribution in [0.5, 0.6) is 0 Å². The molecule has 0 saturated carbocycles. The Bertz CT molecular complexity index is 178. The van der Waals surface area contributed by atoms with E-state index in [0.717, 1.165) is 0 Å². The van der Waals surface area contributed by atoms with E-state index in [1.807, 2.05) is 20.8 Å². The molecule has 0 bridgehead atoms. The van der Waals surface area contributed by atoms with Crippen LogP contribution in [0, 0.1) is 5.41 Å². The van der Waals surface area contributed by atoms with E-state index in [4.69, 9.17) is 5.11 Å². The van der Waals surface area contributed by atoms with E-state index < -0.39 is 18.5 Å². The maximum atomic E-state index is 10.9. The molecule has 1 N–H and O–H groups in total. The zero-order valence-electron chi connectivity index (χ0n) is 7.59. The maximum absolute atomic E-state index is 10.9. The van der Waals surface area contributed by atoms with Crippen LogP contribution in [0.1, 0.15) is 27.2 Å². The minimum atomic E-state index is -1.13. The Labute approximate surface area is 71.5 Å². The summed E-state index contributed by atoms with van der Waals surface area (Å²) in [5.41, 5.74) is -0.157. The van der Waals surface area contributed by atoms with Crippen LogP contribution in [0.4, 0.5) is 0 Å². The molecule has 0 unspecified atom stereocenters. The first kappa shape index (κ1) is 10.9. The van der Waals surface area contributed by atoms with Crippen LogP contribution in [0.3, 0.4) is 0 Å². The molecule has 0 aliphatic rings. The van der Waals surface area contributed by atoms with Crippen molar-refractivity contribution in [1.82, 2.24) is 0 Å². The number of hydrogen-bond acceptors (Lipinski definition) is 3. The molecule has 0 radical (unpaired) electrons. The number of ether oxygens (including phenoxy) is 1. The molecule has 0 rings (SSSR count). The second kappa shape index (κ2) is 4.09. The van der Waals surface area contributed by atoms with Crippen LogP contribution >= 0.6 is 0 Å². The summed E-state index contributed by atoms with van der Waals surface area (Å²) < 4.78 is 4.44. The fraction of sp³-hybridized carbons (Fsp3) is 0.750. The SMILES string of the molecule is CC(C)(C)CC(=O)OCC(=O)O. The quantitative estimate of drug-likeness (QED) is 0.649. The first-order valence-electron chi connectivity index (χ1n) is 3.69. The van der Waals surface area contributed by atoms with Crippen molar-refractivity contribution in [3.8, 4) is 0 Å². The van der Waals surface area contributed by atoms with Crippen LogP contribution in [0.25, 0.3) is 0 Å². The number of aliphatic carboxylic acids is 1. The summed E-state index contributed by atoms with van der Waals surface area (Å²) in [5, 5.41) is 8.18. The van der Waals surface area contributed by atoms with Gasteiger partial charge in [0.15, 0.2) is 6.61 Å². The molecule has 0 saturated heterocycles. The van der Waals surface area contributed by atoms with Gasteiger partial charge in [-0.2, -0.15) is 0 Å². The van der Waals surface area contributed by atoms with Gasteiger partial charge in [-0.05, 0) is 5.41 Å². The van der Waals surface area contributed by atoms with E-state index in [2.05, 4.69) is 4.74 Å². The zero-order valence-corrected chi connectivity index (χ0v) is 7.59. The van der Waals surface area contributed by atoms with Crippen molar-refractivity contribution < 1.29 is 19.4 Å². The van der Waals surface area contributed by atoms with Crippen LogP contribution in [0.2, 0.25) is 0 Å². The molecule has 0 fully saturated rings. The molecular weight excluding hydrogens is 160 g/mol. The normalized spacial score (nSPS) is 10.9. The number of carbonyl (C=O) groups is 2. The minimum Gasteiger partial charge on any atom is -0.479 e. The largest absolute Gasteiger partial charge is 0.479 e. The molecule has 0 heterocycles. The smallest absolute Gasteiger partial charge is 0.341 e. The highest BCUT2D eigenvalue weighted by Gasteiger charge is 2.17. The summed E-state index contributed by atoms with van der Waals surface area (Å²) in [5.74, 6) is -1.60. The predicted molar refractivity (Wildman–Crippen MR) is 42.7 cm³/mol. The first-order chi connectivity index (χ1) is 5.31. The highest BCUT2D eigenvalue weighted by Crippen LogP contribution is 2.18. The minimum absolute atomic E-state index is 0.157. The van der Waals surface area contributed by atoms with E-state index in [1.165, 1.54) is 0 Å². The summed E-state index contributed by atoms with van der Waals surface area (Å²) in [6.07, 6.45) is 0.236. The van der Waals surface area contributed by atoms with E-state index >= 15 is 0 Å². The highest BCUT2D eigenvalue weighted by molar-refractivity contribution is 5.75. The van der Waals surface area contributed by atoms with Gasteiger partial charge in [-0.3, -0.25) is 4.79 Å². The summed E-state index contributed by atoms with van der Waals surface area (Å²) in [7, 11) is 0. The van der Waals surface area contributed by atoms with Crippen LogP contribution in [-0.2, 0) is 14.3 Å². The Kier molecular flexibility index (Phi) is 3.73. The Morgan fingerprint density at radius 2 is 1.83 bits per heavy atom. The lowest BCUT2D eigenvalue weighted by atomic mass is 9.93. The highest BCUT2D eigenvalue weighted by atomic mass is 16.5. The van der Waals surface area contributed by atoms with Crippen molar-refractivity contribution >= 4 is 11.9 Å². The Balaban J connectivity index is 3.68. The maximum Gasteiger partial charge on any atom is 0.341 e. The first-order valence-corrected chi connectivity index (χ1v) is 3.69. The third kappa shape index (κ3) is 7.05. The molecule has 0 aromatic rings. The second-order valence-corrected chi connectivity index (χ2v) is 3.79. The summed E-state index contributed by atoms with van der Waals surface area (Å²) >= 11 is 0. The van der Waals surface area contributed by atoms with Crippen LogP contribution in [0.15, 0.2) is 0 Å². The van der Waals surface area contributed by atoms with E-state index in [-0.39, 0.29) is 11.8 Å². The van der Waals surface area contributed by atoms with Crippen molar-refractivity contribution in [2.24, 2.45) is 5.41 Å². The molecule has 0 aromatic carbocycles. The molecule has 0 atom stereocenters. The third-order valence-electron chi connectivity index (χ3n) is 1.03. The lowest BCUT2D eigenvalue weighted by Crippen LogP contribution is -2.18. The molecule has 70 valence electrons. The number of esters is 1. The van der Waals surface area contributed by atoms with Crippen LogP contribution < -0.4 is 0 Å². The Morgan fingerprint density at radius 3 is 2.17 bits per heavy atom. The second-order valence-electron chi connectivity index (χ2n) is 3.79. The fourth-order valence-electron chi connectivity index (χ4n) is 0.626. The van der Waals surface area contributed by atoms with Gasteiger partial charge in [0.2, 0.25) is 0 Å². The number of hydrogen-bond donors (Lipinski definition) is 1. The van der Waals surface area contributed by atoms with Gasteiger partial charge in [0.05, 0.1) is 6.42 Å². The Morgan fingerprint density at radius 1 is 1.33 bits per heavy atom. The standard InChI is InChI=1S/C8H14O4/c1-8(2,3)4-7(11)12-5-6(9)10/h4-5H2,1-3H3,(H,9,10). The lowest BCUT2D eigenvalue weighted by Gasteiger charge is -2.15. The van der Waals surface area contributed by atoms with Crippen molar-refractivity contribution in [2.45, 2.75) is 27.2 Å². The topological polar surface area (TPSA) is 63.6 Å². The van der Waals surface area contributed by atoms with Crippen LogP contribution in [-0.4, -0.2) is 23.7 Å². The van der Waals surface area contributed by atoms with Gasteiger partial charge in [0.1, 0.15) is 0 Å². The third-order valence-corrected chi connectivity index (χ3v) is 1.03. The Hall–Kier alpha value is -1.06. The van der Waals surface area contributed by atoms with Crippen molar-refractivity contribution in [3.05, 3.63) is 0 Å². The predicted octanol–water partition coefficient (Wildman–Crippen LogP) is 1.05. The molecule has 0 aliphatic heterocycles. The average Bonchev–Trinajstić information content (AvgIpc) is 1.79. The van der Waals surface area contributed by atoms with Gasteiger partial charge in [0.25, 0.3) is 0 Å². The molecule has 4 nitrogen and oxygen atoms in total. The van der Waals surface area contributed by atoms with Gasteiger partial charge in [0, 0.05) is 0 Å². The van der Waals surface area contributed by atoms with Crippen molar-refractivity contribution in [3.63, 3.8) is 0 Å². The average molecular weight is 174 g/mol. The summed E-state index contributed by atoms with van der Waals surface area (Å²) in [6, 6.07) is 0. The van der Waals surface area contributed by atoms with Gasteiger partial charge in [-0.15, -0.1) is 0 Å². The van der Waals surface area contributed by atoms with Gasteiger partial charge in [-0.25, -0.2) is 4.79 Å². The summed E-state index contributed by atoms with van der Waals surface area (Å²) in [4.78, 5) is 20.9. The molecule has 0 amide bonds.